The zero-order chi connectivity index (χ0) is 21.3. The molecule has 1 aromatic heterocycles. The van der Waals surface area contributed by atoms with Crippen LogP contribution in [-0.4, -0.2) is 27.2 Å². The van der Waals surface area contributed by atoms with Crippen molar-refractivity contribution in [1.29, 1.82) is 0 Å². The van der Waals surface area contributed by atoms with E-state index in [1.165, 1.54) is 4.90 Å². The van der Waals surface area contributed by atoms with Crippen LogP contribution in [0.3, 0.4) is 0 Å². The first-order valence-corrected chi connectivity index (χ1v) is 11.3. The predicted molar refractivity (Wildman–Crippen MR) is 126 cm³/mol. The van der Waals surface area contributed by atoms with Gasteiger partial charge in [-0.1, -0.05) is 46.3 Å². The van der Waals surface area contributed by atoms with Crippen LogP contribution in [0, 0.1) is 13.8 Å². The molecule has 2 aromatic carbocycles. The van der Waals surface area contributed by atoms with Crippen LogP contribution in [0.25, 0.3) is 11.8 Å². The molecule has 0 atom stereocenters. The van der Waals surface area contributed by atoms with Crippen molar-refractivity contribution in [2.24, 2.45) is 0 Å². The van der Waals surface area contributed by atoms with Crippen molar-refractivity contribution in [2.75, 3.05) is 6.54 Å². The van der Waals surface area contributed by atoms with Crippen LogP contribution in [0.1, 0.15) is 22.5 Å². The van der Waals surface area contributed by atoms with Crippen LogP contribution in [0.2, 0.25) is 0 Å². The SMILES string of the molecule is Cc1cc(/C=C2\SC(=O)N(CCc3ccccc3)C2=O)c(C)n1-c1ccc(Br)cc1. The van der Waals surface area contributed by atoms with Crippen LogP contribution in [-0.2, 0) is 11.2 Å². The van der Waals surface area contributed by atoms with E-state index in [-0.39, 0.29) is 11.1 Å². The zero-order valence-corrected chi connectivity index (χ0v) is 19.2. The molecule has 2 heterocycles. The van der Waals surface area contributed by atoms with Crippen LogP contribution < -0.4 is 0 Å². The van der Waals surface area contributed by atoms with Gasteiger partial charge in [-0.15, -0.1) is 0 Å². The summed E-state index contributed by atoms with van der Waals surface area (Å²) in [6.45, 7) is 4.46. The molecule has 0 spiro atoms. The summed E-state index contributed by atoms with van der Waals surface area (Å²) in [5, 5.41) is -0.205. The first kappa shape index (κ1) is 20.7. The summed E-state index contributed by atoms with van der Waals surface area (Å²) < 4.78 is 3.18. The number of halogens is 1. The third kappa shape index (κ3) is 4.16. The van der Waals surface area contributed by atoms with Crippen molar-refractivity contribution >= 4 is 44.9 Å². The molecule has 6 heteroatoms. The number of thioether (sulfide) groups is 1. The molecule has 4 nitrogen and oxygen atoms in total. The van der Waals surface area contributed by atoms with E-state index in [1.807, 2.05) is 74.5 Å². The zero-order valence-electron chi connectivity index (χ0n) is 16.8. The van der Waals surface area contributed by atoms with Crippen LogP contribution in [0.5, 0.6) is 0 Å². The Morgan fingerprint density at radius 2 is 1.70 bits per heavy atom. The van der Waals surface area contributed by atoms with Crippen molar-refractivity contribution in [2.45, 2.75) is 20.3 Å². The lowest BCUT2D eigenvalue weighted by Gasteiger charge is -2.12. The first-order valence-electron chi connectivity index (χ1n) is 9.68. The van der Waals surface area contributed by atoms with E-state index >= 15 is 0 Å². The van der Waals surface area contributed by atoms with E-state index < -0.39 is 0 Å². The number of hydrogen-bond donors (Lipinski definition) is 0. The number of amides is 2. The maximum Gasteiger partial charge on any atom is 0.293 e. The van der Waals surface area contributed by atoms with E-state index in [0.29, 0.717) is 17.9 Å². The van der Waals surface area contributed by atoms with E-state index in [9.17, 15) is 9.59 Å². The van der Waals surface area contributed by atoms with Gasteiger partial charge >= 0.3 is 0 Å². The number of rotatable bonds is 5. The fraction of sp³-hybridized carbons (Fsp3) is 0.167. The molecular weight excluding hydrogens is 460 g/mol. The molecule has 1 aliphatic rings. The van der Waals surface area contributed by atoms with Crippen molar-refractivity contribution in [3.8, 4) is 5.69 Å². The molecule has 1 fully saturated rings. The number of carbonyl (C=O) groups excluding carboxylic acids is 2. The second-order valence-corrected chi connectivity index (χ2v) is 9.12. The Morgan fingerprint density at radius 3 is 2.40 bits per heavy atom. The van der Waals surface area contributed by atoms with Crippen molar-refractivity contribution in [1.82, 2.24) is 9.47 Å². The minimum absolute atomic E-state index is 0.205. The standard InChI is InChI=1S/C24H21BrN2O2S/c1-16-14-19(17(2)27(16)21-10-8-20(25)9-11-21)15-22-23(28)26(24(29)30-22)13-12-18-6-4-3-5-7-18/h3-11,14-15H,12-13H2,1-2H3/b22-15-. The summed E-state index contributed by atoms with van der Waals surface area (Å²) in [4.78, 5) is 27.1. The molecule has 1 saturated heterocycles. The Balaban J connectivity index is 1.56. The van der Waals surface area contributed by atoms with Crippen LogP contribution >= 0.6 is 27.7 Å². The highest BCUT2D eigenvalue weighted by Gasteiger charge is 2.34. The molecule has 0 unspecified atom stereocenters. The fourth-order valence-electron chi connectivity index (χ4n) is 3.64. The van der Waals surface area contributed by atoms with Crippen LogP contribution in [0.15, 0.2) is 70.0 Å². The number of hydrogen-bond acceptors (Lipinski definition) is 3. The Bertz CT molecular complexity index is 1130. The van der Waals surface area contributed by atoms with Gasteiger partial charge in [0.05, 0.1) is 4.91 Å². The lowest BCUT2D eigenvalue weighted by Crippen LogP contribution is -2.30. The van der Waals surface area contributed by atoms with E-state index in [0.717, 1.165) is 44.4 Å². The molecule has 0 saturated carbocycles. The van der Waals surface area contributed by atoms with E-state index in [2.05, 4.69) is 26.6 Å². The molecule has 30 heavy (non-hydrogen) atoms. The van der Waals surface area contributed by atoms with Gasteiger partial charge in [0.2, 0.25) is 0 Å². The van der Waals surface area contributed by atoms with E-state index in [1.54, 1.807) is 0 Å². The molecule has 0 N–H and O–H groups in total. The average Bonchev–Trinajstić information content (AvgIpc) is 3.16. The quantitative estimate of drug-likeness (QED) is 0.412. The average molecular weight is 481 g/mol. The Labute approximate surface area is 188 Å². The lowest BCUT2D eigenvalue weighted by atomic mass is 10.1. The van der Waals surface area contributed by atoms with Gasteiger partial charge in [-0.3, -0.25) is 14.5 Å². The smallest absolute Gasteiger partial charge is 0.293 e. The highest BCUT2D eigenvalue weighted by atomic mass is 79.9. The van der Waals surface area contributed by atoms with Gasteiger partial charge in [0.25, 0.3) is 11.1 Å². The monoisotopic (exact) mass is 480 g/mol. The van der Waals surface area contributed by atoms with Crippen molar-refractivity contribution in [3.63, 3.8) is 0 Å². The lowest BCUT2D eigenvalue weighted by molar-refractivity contribution is -0.122. The molecule has 0 bridgehead atoms. The normalized spacial score (nSPS) is 15.4. The first-order chi connectivity index (χ1) is 14.4. The summed E-state index contributed by atoms with van der Waals surface area (Å²) in [5.74, 6) is -0.214. The van der Waals surface area contributed by atoms with Crippen molar-refractivity contribution < 1.29 is 9.59 Å². The Hall–Kier alpha value is -2.57. The fourth-order valence-corrected chi connectivity index (χ4v) is 4.76. The number of benzene rings is 2. The highest BCUT2D eigenvalue weighted by molar-refractivity contribution is 9.10. The molecule has 2 amide bonds. The van der Waals surface area contributed by atoms with Gasteiger partial charge in [0.1, 0.15) is 0 Å². The minimum Gasteiger partial charge on any atom is -0.318 e. The molecule has 152 valence electrons. The van der Waals surface area contributed by atoms with Gasteiger partial charge in [0, 0.05) is 28.1 Å². The largest absolute Gasteiger partial charge is 0.318 e. The Morgan fingerprint density at radius 1 is 1.00 bits per heavy atom. The molecule has 4 rings (SSSR count). The second-order valence-electron chi connectivity index (χ2n) is 7.21. The number of imide groups is 1. The second kappa shape index (κ2) is 8.66. The summed E-state index contributed by atoms with van der Waals surface area (Å²) in [5.41, 5.74) is 5.22. The van der Waals surface area contributed by atoms with Gasteiger partial charge < -0.3 is 4.57 Å². The summed E-state index contributed by atoms with van der Waals surface area (Å²) in [6.07, 6.45) is 2.50. The number of carbonyl (C=O) groups is 2. The molecule has 3 aromatic rings. The summed E-state index contributed by atoms with van der Waals surface area (Å²) in [6, 6.07) is 20.0. The number of nitrogens with zero attached hydrogens (tertiary/aromatic N) is 2. The molecule has 0 aliphatic carbocycles. The number of aromatic nitrogens is 1. The highest BCUT2D eigenvalue weighted by Crippen LogP contribution is 2.34. The summed E-state index contributed by atoms with van der Waals surface area (Å²) in [7, 11) is 0. The third-order valence-corrected chi connectivity index (χ3v) is 6.62. The number of aryl methyl sites for hydroxylation is 1. The van der Waals surface area contributed by atoms with Gasteiger partial charge in [0.15, 0.2) is 0 Å². The summed E-state index contributed by atoms with van der Waals surface area (Å²) >= 11 is 4.48. The minimum atomic E-state index is -0.214. The predicted octanol–water partition coefficient (Wildman–Crippen LogP) is 6.14. The molecule has 0 radical (unpaired) electrons. The van der Waals surface area contributed by atoms with Crippen LogP contribution in [0.4, 0.5) is 4.79 Å². The molecule has 1 aliphatic heterocycles. The van der Waals surface area contributed by atoms with Gasteiger partial charge in [-0.2, -0.15) is 0 Å². The molecular formula is C24H21BrN2O2S. The van der Waals surface area contributed by atoms with E-state index in [4.69, 9.17) is 0 Å². The van der Waals surface area contributed by atoms with Crippen molar-refractivity contribution in [3.05, 3.63) is 92.6 Å². The topological polar surface area (TPSA) is 42.3 Å². The Kier molecular flexibility index (Phi) is 5.97. The maximum absolute atomic E-state index is 12.9. The van der Waals surface area contributed by atoms with Gasteiger partial charge in [-0.25, -0.2) is 0 Å². The third-order valence-electron chi connectivity index (χ3n) is 5.18. The van der Waals surface area contributed by atoms with Gasteiger partial charge in [-0.05, 0) is 79.6 Å². The maximum atomic E-state index is 12.9.